The van der Waals surface area contributed by atoms with E-state index in [4.69, 9.17) is 18.9 Å². The Morgan fingerprint density at radius 1 is 0.696 bits per heavy atom. The summed E-state index contributed by atoms with van der Waals surface area (Å²) >= 11 is 3.33. The number of benzene rings is 1. The van der Waals surface area contributed by atoms with Gasteiger partial charge in [0.25, 0.3) is 5.91 Å². The molecule has 1 aromatic rings. The SMILES string of the molecule is C[C@@H]1[C@H](O)[C@@H](C)/C=C/C=C/CC/C=C/C=C/C=C/C=C/[C@H](O[C@H]2O[C@H](C)[C@@H](O)[C@H](NC3CC(=O)N(c4ccc(Br)cc4)C3=O)[C@@H]2O)C[C@@H]2O[C@](O)(C[C@@H](O)[C@H](O)CC[C@@H](O)C[C@@H](O)C[C@@H](O)CC(=O)O[C@H]1C)C[C@H](O)[C@H]2C(=O)O. The van der Waals surface area contributed by atoms with Crippen molar-refractivity contribution < 1.29 is 94.3 Å². The van der Waals surface area contributed by atoms with Gasteiger partial charge in [0.15, 0.2) is 12.1 Å². The van der Waals surface area contributed by atoms with E-state index in [1.807, 2.05) is 43.4 Å². The lowest BCUT2D eigenvalue weighted by Crippen LogP contribution is -2.65. The van der Waals surface area contributed by atoms with Gasteiger partial charge < -0.3 is 75.1 Å². The van der Waals surface area contributed by atoms with Crippen molar-refractivity contribution in [2.45, 2.75) is 202 Å². The number of carbonyl (C=O) groups is 4. The van der Waals surface area contributed by atoms with E-state index in [9.17, 15) is 75.3 Å². The fourth-order valence-electron chi connectivity index (χ4n) is 10.1. The van der Waals surface area contributed by atoms with Crippen LogP contribution in [0.25, 0.3) is 0 Å². The predicted octanol–water partition coefficient (Wildman–Crippen LogP) is 2.66. The number of aliphatic hydroxyl groups excluding tert-OH is 9. The van der Waals surface area contributed by atoms with Gasteiger partial charge in [-0.05, 0) is 76.6 Å². The minimum absolute atomic E-state index is 0.173. The molecule has 2 amide bonds. The molecule has 5 rings (SSSR count). The third kappa shape index (κ3) is 19.7. The fraction of sp³-hybridized carbons (Fsp3) is 0.614. The number of ether oxygens (including phenoxy) is 4. The summed E-state index contributed by atoms with van der Waals surface area (Å²) in [6, 6.07) is 4.05. The minimum atomic E-state index is -2.43. The molecular weight excluding hydrogens is 1100 g/mol. The van der Waals surface area contributed by atoms with Gasteiger partial charge in [-0.1, -0.05) is 103 Å². The summed E-state index contributed by atoms with van der Waals surface area (Å²) in [5.41, 5.74) is 0.323. The van der Waals surface area contributed by atoms with Crippen molar-refractivity contribution in [1.82, 2.24) is 5.32 Å². The van der Waals surface area contributed by atoms with E-state index in [0.29, 0.717) is 5.69 Å². The second kappa shape index (κ2) is 31.2. The molecule has 0 radical (unpaired) electrons. The number of imide groups is 1. The normalized spacial score (nSPS) is 41.3. The van der Waals surface area contributed by atoms with E-state index in [1.54, 1.807) is 68.5 Å². The molecular formula is C57H81BrN2O19. The molecule has 22 heteroatoms. The van der Waals surface area contributed by atoms with Crippen molar-refractivity contribution in [3.63, 3.8) is 0 Å². The molecule has 20 atom stereocenters. The Balaban J connectivity index is 1.36. The van der Waals surface area contributed by atoms with Crippen molar-refractivity contribution in [2.24, 2.45) is 17.8 Å². The van der Waals surface area contributed by atoms with E-state index in [-0.39, 0.29) is 38.0 Å². The van der Waals surface area contributed by atoms with Gasteiger partial charge in [0, 0.05) is 35.6 Å². The molecule has 4 aliphatic heterocycles. The Morgan fingerprint density at radius 2 is 1.30 bits per heavy atom. The summed E-state index contributed by atoms with van der Waals surface area (Å²) in [6.45, 7) is 6.72. The topological polar surface area (TPSA) is 343 Å². The van der Waals surface area contributed by atoms with E-state index in [2.05, 4.69) is 21.2 Å². The Hall–Kier alpha value is -4.34. The number of hydrogen-bond donors (Lipinski definition) is 12. The lowest BCUT2D eigenvalue weighted by molar-refractivity contribution is -0.310. The van der Waals surface area contributed by atoms with Crippen molar-refractivity contribution in [3.8, 4) is 0 Å². The summed E-state index contributed by atoms with van der Waals surface area (Å²) < 4.78 is 24.5. The molecule has 0 spiro atoms. The number of nitrogens with one attached hydrogen (secondary N) is 1. The van der Waals surface area contributed by atoms with E-state index < -0.39 is 165 Å². The number of halogens is 1. The van der Waals surface area contributed by atoms with Crippen LogP contribution in [0, 0.1) is 17.8 Å². The van der Waals surface area contributed by atoms with Gasteiger partial charge >= 0.3 is 11.9 Å². The van der Waals surface area contributed by atoms with Crippen molar-refractivity contribution in [3.05, 3.63) is 102 Å². The number of carboxylic acids is 1. The highest BCUT2D eigenvalue weighted by Gasteiger charge is 2.52. The summed E-state index contributed by atoms with van der Waals surface area (Å²) in [4.78, 5) is 53.2. The molecule has 0 aliphatic carbocycles. The molecule has 3 fully saturated rings. The number of carbonyl (C=O) groups excluding carboxylic acids is 3. The quantitative estimate of drug-likeness (QED) is 0.144. The number of nitrogens with zero attached hydrogens (tertiary/aromatic N) is 1. The fourth-order valence-corrected chi connectivity index (χ4v) is 10.4. The number of hydrogen-bond acceptors (Lipinski definition) is 19. The van der Waals surface area contributed by atoms with Crippen molar-refractivity contribution in [1.29, 1.82) is 0 Å². The minimum Gasteiger partial charge on any atom is -0.481 e. The molecule has 1 unspecified atom stereocenters. The smallest absolute Gasteiger partial charge is 0.311 e. The van der Waals surface area contributed by atoms with Crippen LogP contribution >= 0.6 is 15.9 Å². The van der Waals surface area contributed by atoms with Crippen LogP contribution in [0.4, 0.5) is 5.69 Å². The summed E-state index contributed by atoms with van der Waals surface area (Å²) in [5, 5.41) is 124. The molecule has 0 saturated carbocycles. The Morgan fingerprint density at radius 3 is 1.97 bits per heavy atom. The summed E-state index contributed by atoms with van der Waals surface area (Å²) in [7, 11) is 0. The molecule has 4 aliphatic rings. The molecule has 2 bridgehead atoms. The Bertz CT molecular complexity index is 2310. The summed E-state index contributed by atoms with van der Waals surface area (Å²) in [6.07, 6.45) is -0.0572. The lowest BCUT2D eigenvalue weighted by Gasteiger charge is -2.46. The number of rotatable bonds is 6. The summed E-state index contributed by atoms with van der Waals surface area (Å²) in [5.74, 6) is -8.24. The zero-order valence-corrected chi connectivity index (χ0v) is 46.6. The van der Waals surface area contributed by atoms with Crippen LogP contribution in [-0.2, 0) is 38.1 Å². The molecule has 21 nitrogen and oxygen atoms in total. The number of aliphatic hydroxyl groups is 10. The van der Waals surface area contributed by atoms with Gasteiger partial charge in [-0.25, -0.2) is 4.90 Å². The largest absolute Gasteiger partial charge is 0.481 e. The van der Waals surface area contributed by atoms with Crippen molar-refractivity contribution >= 4 is 45.4 Å². The third-order valence-corrected chi connectivity index (χ3v) is 15.3. The molecule has 1 aromatic carbocycles. The van der Waals surface area contributed by atoms with Crippen LogP contribution in [0.1, 0.15) is 98.3 Å². The first-order chi connectivity index (χ1) is 37.4. The maximum absolute atomic E-state index is 13.6. The van der Waals surface area contributed by atoms with Crippen LogP contribution in [0.15, 0.2) is 102 Å². The number of anilines is 1. The highest BCUT2D eigenvalue weighted by Crippen LogP contribution is 2.38. The molecule has 3 saturated heterocycles. The van der Waals surface area contributed by atoms with Crippen LogP contribution in [0.2, 0.25) is 0 Å². The monoisotopic (exact) mass is 1180 g/mol. The van der Waals surface area contributed by atoms with Gasteiger partial charge in [-0.2, -0.15) is 0 Å². The van der Waals surface area contributed by atoms with E-state index >= 15 is 0 Å². The van der Waals surface area contributed by atoms with E-state index in [1.165, 1.54) is 13.0 Å². The predicted molar refractivity (Wildman–Crippen MR) is 291 cm³/mol. The number of carboxylic acid groups (broad SMARTS) is 1. The number of amides is 2. The lowest BCUT2D eigenvalue weighted by atomic mass is 9.82. The number of fused-ring (bicyclic) bond motifs is 2. The molecule has 440 valence electrons. The molecule has 0 aromatic heterocycles. The van der Waals surface area contributed by atoms with Crippen LogP contribution < -0.4 is 10.2 Å². The standard InChI is InChI=1S/C57H81BrN2O19/c1-32-17-15-13-11-9-7-5-6-8-10-12-14-16-18-41(78-56-53(71)50(52(70)35(4)77-56)59-42-29-47(67)60(54(42)72)37-21-19-36(58)20-22-37)28-46-49(55(73)74)45(66)31-57(75,79-46)30-44(65)43(64)24-23-38(61)25-39(62)26-40(63)27-48(68)76-34(3)33(2)51(32)69/h5-6,8,10-22,32-35,38-46,49-53,56,59,61-66,69-71,75H,7,9,23-31H2,1-4H3,(H,73,74)/b6-5+,10-8+,13-11+,14-12+,17-15+,18-16+/t32-,33-,34-,35+,38+,39+,40+,41-,42?,43+,44+,45-,46-,49+,50-,51+,52+,53-,56+,57+/m0/s1. The van der Waals surface area contributed by atoms with Crippen LogP contribution in [0.3, 0.4) is 0 Å². The second-order valence-electron chi connectivity index (χ2n) is 21.3. The maximum atomic E-state index is 13.6. The van der Waals surface area contributed by atoms with Gasteiger partial charge in [-0.3, -0.25) is 24.5 Å². The first-order valence-corrected chi connectivity index (χ1v) is 27.8. The zero-order valence-electron chi connectivity index (χ0n) is 45.0. The van der Waals surface area contributed by atoms with Crippen molar-refractivity contribution in [2.75, 3.05) is 4.90 Å². The average Bonchev–Trinajstić information content (AvgIpc) is 3.83. The molecule has 12 N–H and O–H groups in total. The number of esters is 1. The number of cyclic esters (lactones) is 1. The molecule has 4 heterocycles. The Labute approximate surface area is 469 Å². The van der Waals surface area contributed by atoms with Crippen LogP contribution in [0.5, 0.6) is 0 Å². The van der Waals surface area contributed by atoms with Gasteiger partial charge in [-0.15, -0.1) is 0 Å². The number of aliphatic carboxylic acids is 1. The first-order valence-electron chi connectivity index (χ1n) is 27.0. The average molecular weight is 1180 g/mol. The first kappa shape index (κ1) is 65.5. The second-order valence-corrected chi connectivity index (χ2v) is 22.2. The maximum Gasteiger partial charge on any atom is 0.311 e. The Kier molecular flexibility index (Phi) is 25.8. The van der Waals surface area contributed by atoms with Crippen LogP contribution in [-0.4, -0.2) is 183 Å². The molecule has 79 heavy (non-hydrogen) atoms. The highest BCUT2D eigenvalue weighted by atomic mass is 79.9. The van der Waals surface area contributed by atoms with Gasteiger partial charge in [0.05, 0.1) is 97.8 Å². The highest BCUT2D eigenvalue weighted by molar-refractivity contribution is 9.10. The third-order valence-electron chi connectivity index (χ3n) is 14.8. The number of allylic oxidation sites excluding steroid dienone is 10. The van der Waals surface area contributed by atoms with E-state index in [0.717, 1.165) is 22.2 Å². The van der Waals surface area contributed by atoms with Gasteiger partial charge in [0.1, 0.15) is 18.1 Å². The van der Waals surface area contributed by atoms with Gasteiger partial charge in [0.2, 0.25) is 5.91 Å². The zero-order chi connectivity index (χ0) is 58.1.